The summed E-state index contributed by atoms with van der Waals surface area (Å²) in [5.74, 6) is -0.618. The molecule has 182 valence electrons. The second kappa shape index (κ2) is 10.4. The SMILES string of the molecule is COc1nc2ccc(Br)cc2cc1[C@@H](c1cncc(C)c1)[C@@](O)(CCN(C)C)c1cccc(F)c1. The van der Waals surface area contributed by atoms with Gasteiger partial charge < -0.3 is 14.7 Å². The van der Waals surface area contributed by atoms with Gasteiger partial charge in [-0.15, -0.1) is 0 Å². The predicted octanol–water partition coefficient (Wildman–Crippen LogP) is 5.82. The maximum atomic E-state index is 14.5. The zero-order valence-electron chi connectivity index (χ0n) is 20.3. The molecule has 0 amide bonds. The molecule has 1 N–H and O–H groups in total. The average Bonchev–Trinajstić information content (AvgIpc) is 2.82. The summed E-state index contributed by atoms with van der Waals surface area (Å²) in [6, 6.07) is 16.0. The van der Waals surface area contributed by atoms with Crippen LogP contribution in [0.15, 0.2) is 71.5 Å². The van der Waals surface area contributed by atoms with Gasteiger partial charge in [0.2, 0.25) is 5.88 Å². The van der Waals surface area contributed by atoms with Crippen molar-refractivity contribution in [3.63, 3.8) is 0 Å². The Labute approximate surface area is 213 Å². The van der Waals surface area contributed by atoms with E-state index in [2.05, 4.69) is 20.9 Å². The molecule has 0 fully saturated rings. The van der Waals surface area contributed by atoms with E-state index in [1.165, 1.54) is 12.1 Å². The van der Waals surface area contributed by atoms with Gasteiger partial charge in [0.05, 0.1) is 12.6 Å². The third-order valence-corrected chi connectivity index (χ3v) is 6.74. The van der Waals surface area contributed by atoms with Crippen LogP contribution in [-0.4, -0.2) is 47.7 Å². The van der Waals surface area contributed by atoms with Crippen molar-refractivity contribution in [1.82, 2.24) is 14.9 Å². The quantitative estimate of drug-likeness (QED) is 0.307. The lowest BCUT2D eigenvalue weighted by atomic mass is 9.72. The summed E-state index contributed by atoms with van der Waals surface area (Å²) in [5.41, 5.74) is 2.24. The Morgan fingerprint density at radius 1 is 1.11 bits per heavy atom. The van der Waals surface area contributed by atoms with E-state index in [1.807, 2.05) is 56.3 Å². The molecule has 0 aliphatic rings. The van der Waals surface area contributed by atoms with Gasteiger partial charge in [0.25, 0.3) is 0 Å². The molecule has 0 spiro atoms. The fraction of sp³-hybridized carbons (Fsp3) is 0.286. The fourth-order valence-corrected chi connectivity index (χ4v) is 4.95. The normalized spacial score (nSPS) is 14.2. The Bertz CT molecular complexity index is 1350. The molecular weight excluding hydrogens is 509 g/mol. The van der Waals surface area contributed by atoms with Gasteiger partial charge in [-0.3, -0.25) is 4.98 Å². The van der Waals surface area contributed by atoms with Crippen LogP contribution in [0, 0.1) is 12.7 Å². The summed E-state index contributed by atoms with van der Waals surface area (Å²) in [4.78, 5) is 11.2. The molecule has 2 atom stereocenters. The van der Waals surface area contributed by atoms with E-state index in [0.29, 0.717) is 30.0 Å². The van der Waals surface area contributed by atoms with E-state index >= 15 is 0 Å². The minimum atomic E-state index is -1.48. The molecule has 0 saturated heterocycles. The average molecular weight is 538 g/mol. The molecule has 2 aromatic heterocycles. The van der Waals surface area contributed by atoms with Crippen LogP contribution >= 0.6 is 15.9 Å². The second-order valence-corrected chi connectivity index (χ2v) is 10.1. The number of fused-ring (bicyclic) bond motifs is 1. The summed E-state index contributed by atoms with van der Waals surface area (Å²) < 4.78 is 21.1. The Hall–Kier alpha value is -2.87. The van der Waals surface area contributed by atoms with Gasteiger partial charge in [0, 0.05) is 40.3 Å². The highest BCUT2D eigenvalue weighted by molar-refractivity contribution is 9.10. The number of benzene rings is 2. The zero-order valence-corrected chi connectivity index (χ0v) is 21.9. The molecule has 35 heavy (non-hydrogen) atoms. The van der Waals surface area contributed by atoms with Gasteiger partial charge in [-0.05, 0) is 80.5 Å². The Morgan fingerprint density at radius 2 is 1.91 bits per heavy atom. The van der Waals surface area contributed by atoms with Crippen molar-refractivity contribution in [3.05, 3.63) is 99.5 Å². The lowest BCUT2D eigenvalue weighted by molar-refractivity contribution is 0.00344. The summed E-state index contributed by atoms with van der Waals surface area (Å²) in [5, 5.41) is 13.4. The number of aromatic nitrogens is 2. The molecule has 0 aliphatic heterocycles. The van der Waals surface area contributed by atoms with E-state index in [1.54, 1.807) is 31.6 Å². The van der Waals surface area contributed by atoms with Crippen molar-refractivity contribution in [2.75, 3.05) is 27.7 Å². The molecule has 0 radical (unpaired) electrons. The minimum absolute atomic E-state index is 0.349. The van der Waals surface area contributed by atoms with Gasteiger partial charge in [-0.25, -0.2) is 9.37 Å². The summed E-state index contributed by atoms with van der Waals surface area (Å²) in [7, 11) is 5.47. The molecule has 0 unspecified atom stereocenters. The number of nitrogens with zero attached hydrogens (tertiary/aromatic N) is 3. The summed E-state index contributed by atoms with van der Waals surface area (Å²) in [6.45, 7) is 2.54. The molecule has 2 aromatic carbocycles. The van der Waals surface area contributed by atoms with E-state index < -0.39 is 17.3 Å². The van der Waals surface area contributed by atoms with Gasteiger partial charge >= 0.3 is 0 Å². The van der Waals surface area contributed by atoms with E-state index in [0.717, 1.165) is 26.5 Å². The first-order valence-electron chi connectivity index (χ1n) is 11.4. The van der Waals surface area contributed by atoms with Crippen molar-refractivity contribution in [1.29, 1.82) is 0 Å². The third-order valence-electron chi connectivity index (χ3n) is 6.25. The second-order valence-electron chi connectivity index (χ2n) is 9.14. The molecule has 4 aromatic rings. The van der Waals surface area contributed by atoms with Gasteiger partial charge in [0.15, 0.2) is 0 Å². The molecular formula is C28H29BrFN3O2. The van der Waals surface area contributed by atoms with Crippen molar-refractivity contribution < 1.29 is 14.2 Å². The first kappa shape index (κ1) is 25.2. The highest BCUT2D eigenvalue weighted by Gasteiger charge is 2.42. The van der Waals surface area contributed by atoms with Gasteiger partial charge in [0.1, 0.15) is 11.4 Å². The van der Waals surface area contributed by atoms with Crippen LogP contribution in [0.5, 0.6) is 5.88 Å². The number of pyridine rings is 2. The van der Waals surface area contributed by atoms with Crippen molar-refractivity contribution in [2.24, 2.45) is 0 Å². The molecule has 2 heterocycles. The number of aliphatic hydroxyl groups is 1. The number of methoxy groups -OCH3 is 1. The lowest BCUT2D eigenvalue weighted by Crippen LogP contribution is -2.38. The molecule has 5 nitrogen and oxygen atoms in total. The van der Waals surface area contributed by atoms with Crippen LogP contribution in [0.25, 0.3) is 10.9 Å². The standard InChI is InChI=1S/C28H29BrFN3O2/c1-18-12-20(17-31-16-18)26(24-14-19-13-22(29)8-9-25(19)32-27(24)35-4)28(34,10-11-33(2)3)21-6-5-7-23(30)15-21/h5-9,12-17,26,34H,10-11H2,1-4H3/t26-,28-/m1/s1. The number of hydrogen-bond acceptors (Lipinski definition) is 5. The van der Waals surface area contributed by atoms with Gasteiger partial charge in [-0.2, -0.15) is 0 Å². The van der Waals surface area contributed by atoms with Crippen molar-refractivity contribution in [2.45, 2.75) is 24.9 Å². The Morgan fingerprint density at radius 3 is 2.60 bits per heavy atom. The van der Waals surface area contributed by atoms with Crippen molar-refractivity contribution in [3.8, 4) is 5.88 Å². The molecule has 0 aliphatic carbocycles. The number of halogens is 2. The van der Waals surface area contributed by atoms with Crippen LogP contribution in [0.4, 0.5) is 4.39 Å². The summed E-state index contributed by atoms with van der Waals surface area (Å²) >= 11 is 3.54. The van der Waals surface area contributed by atoms with Crippen molar-refractivity contribution >= 4 is 26.8 Å². The number of hydrogen-bond donors (Lipinski definition) is 1. The number of aryl methyl sites for hydroxylation is 1. The molecule has 0 saturated carbocycles. The van der Waals surface area contributed by atoms with Crippen LogP contribution in [0.2, 0.25) is 0 Å². The largest absolute Gasteiger partial charge is 0.481 e. The number of ether oxygens (including phenoxy) is 1. The first-order valence-corrected chi connectivity index (χ1v) is 12.2. The zero-order chi connectivity index (χ0) is 25.2. The highest BCUT2D eigenvalue weighted by atomic mass is 79.9. The summed E-state index contributed by atoms with van der Waals surface area (Å²) in [6.07, 6.45) is 3.87. The maximum absolute atomic E-state index is 14.5. The van der Waals surface area contributed by atoms with Gasteiger partial charge in [-0.1, -0.05) is 34.1 Å². The lowest BCUT2D eigenvalue weighted by Gasteiger charge is -2.38. The molecule has 0 bridgehead atoms. The topological polar surface area (TPSA) is 58.5 Å². The number of rotatable bonds is 8. The van der Waals surface area contributed by atoms with Crippen LogP contribution in [-0.2, 0) is 5.60 Å². The van der Waals surface area contributed by atoms with Crippen LogP contribution in [0.1, 0.15) is 34.6 Å². The third kappa shape index (κ3) is 5.37. The highest BCUT2D eigenvalue weighted by Crippen LogP contribution is 2.47. The Balaban J connectivity index is 2.04. The van der Waals surface area contributed by atoms with Crippen LogP contribution in [0.3, 0.4) is 0 Å². The van der Waals surface area contributed by atoms with E-state index in [9.17, 15) is 9.50 Å². The Kier molecular flexibility index (Phi) is 7.50. The van der Waals surface area contributed by atoms with E-state index in [4.69, 9.17) is 9.72 Å². The van der Waals surface area contributed by atoms with E-state index in [-0.39, 0.29) is 0 Å². The first-order chi connectivity index (χ1) is 16.7. The minimum Gasteiger partial charge on any atom is -0.481 e. The maximum Gasteiger partial charge on any atom is 0.217 e. The predicted molar refractivity (Wildman–Crippen MR) is 140 cm³/mol. The fourth-order valence-electron chi connectivity index (χ4n) is 4.57. The molecule has 4 rings (SSSR count). The van der Waals surface area contributed by atoms with Crippen LogP contribution < -0.4 is 4.74 Å². The monoisotopic (exact) mass is 537 g/mol. The smallest absolute Gasteiger partial charge is 0.217 e. The molecule has 7 heteroatoms.